The molecule has 3 aromatic rings. The number of hydrogen-bond donors (Lipinski definition) is 1. The summed E-state index contributed by atoms with van der Waals surface area (Å²) >= 11 is 3.45. The molecule has 0 aliphatic carbocycles. The van der Waals surface area contributed by atoms with E-state index < -0.39 is 6.09 Å². The fourth-order valence-electron chi connectivity index (χ4n) is 2.68. The van der Waals surface area contributed by atoms with Crippen LogP contribution in [0, 0.1) is 5.92 Å². The van der Waals surface area contributed by atoms with Gasteiger partial charge in [-0.15, -0.1) is 0 Å². The molecule has 0 radical (unpaired) electrons. The molecule has 6 nitrogen and oxygen atoms in total. The molecule has 0 aliphatic heterocycles. The van der Waals surface area contributed by atoms with Crippen molar-refractivity contribution >= 4 is 27.7 Å². The molecule has 1 amide bonds. The molecule has 0 unspecified atom stereocenters. The Morgan fingerprint density at radius 3 is 2.72 bits per heavy atom. The standard InChI is InChI=1S/C22H22BrN3O3/c1-15(2)14-29-22(28)24-18-7-3-5-16(11-18)12-20-21(27)9-10-26(25-20)19-8-4-6-17(23)13-19/h3-11,13,15H,12,14H2,1-2H3,(H,24,28). The number of nitrogens with zero attached hydrogens (tertiary/aromatic N) is 2. The van der Waals surface area contributed by atoms with Crippen molar-refractivity contribution in [3.05, 3.63) is 86.7 Å². The Kier molecular flexibility index (Phi) is 6.82. The first-order valence-electron chi connectivity index (χ1n) is 9.28. The maximum atomic E-state index is 12.3. The molecule has 0 atom stereocenters. The van der Waals surface area contributed by atoms with Gasteiger partial charge in [0.2, 0.25) is 5.43 Å². The Labute approximate surface area is 177 Å². The normalized spacial score (nSPS) is 10.8. The zero-order chi connectivity index (χ0) is 20.8. The number of carbonyl (C=O) groups excluding carboxylic acids is 1. The van der Waals surface area contributed by atoms with Crippen LogP contribution in [0.2, 0.25) is 0 Å². The highest BCUT2D eigenvalue weighted by atomic mass is 79.9. The van der Waals surface area contributed by atoms with E-state index in [1.807, 2.05) is 56.3 Å². The number of benzene rings is 2. The van der Waals surface area contributed by atoms with Gasteiger partial charge in [0.15, 0.2) is 0 Å². The fraction of sp³-hybridized carbons (Fsp3) is 0.227. The minimum atomic E-state index is -0.495. The van der Waals surface area contributed by atoms with Crippen LogP contribution in [-0.2, 0) is 11.2 Å². The van der Waals surface area contributed by atoms with E-state index in [0.29, 0.717) is 24.4 Å². The summed E-state index contributed by atoms with van der Waals surface area (Å²) in [6.07, 6.45) is 1.51. The zero-order valence-corrected chi connectivity index (χ0v) is 17.8. The van der Waals surface area contributed by atoms with Crippen LogP contribution in [0.15, 0.2) is 70.1 Å². The largest absolute Gasteiger partial charge is 0.449 e. The van der Waals surface area contributed by atoms with Crippen molar-refractivity contribution in [1.29, 1.82) is 0 Å². The van der Waals surface area contributed by atoms with Crippen LogP contribution in [0.1, 0.15) is 25.1 Å². The van der Waals surface area contributed by atoms with Crippen LogP contribution in [0.25, 0.3) is 5.69 Å². The van der Waals surface area contributed by atoms with Gasteiger partial charge in [0, 0.05) is 28.8 Å². The quantitative estimate of drug-likeness (QED) is 0.579. The van der Waals surface area contributed by atoms with E-state index in [-0.39, 0.29) is 11.3 Å². The van der Waals surface area contributed by atoms with Gasteiger partial charge >= 0.3 is 6.09 Å². The minimum absolute atomic E-state index is 0.133. The van der Waals surface area contributed by atoms with Crippen molar-refractivity contribution in [2.45, 2.75) is 20.3 Å². The molecule has 1 N–H and O–H groups in total. The van der Waals surface area contributed by atoms with E-state index in [1.54, 1.807) is 16.9 Å². The highest BCUT2D eigenvalue weighted by molar-refractivity contribution is 9.10. The number of hydrogen-bond acceptors (Lipinski definition) is 4. The van der Waals surface area contributed by atoms with Crippen LogP contribution in [-0.4, -0.2) is 22.5 Å². The van der Waals surface area contributed by atoms with Crippen molar-refractivity contribution in [2.75, 3.05) is 11.9 Å². The first kappa shape index (κ1) is 20.8. The number of aromatic nitrogens is 2. The van der Waals surface area contributed by atoms with E-state index in [4.69, 9.17) is 4.74 Å². The van der Waals surface area contributed by atoms with Crippen molar-refractivity contribution in [3.8, 4) is 5.69 Å². The summed E-state index contributed by atoms with van der Waals surface area (Å²) in [5.74, 6) is 0.267. The topological polar surface area (TPSA) is 73.2 Å². The van der Waals surface area contributed by atoms with E-state index in [1.165, 1.54) is 6.07 Å². The monoisotopic (exact) mass is 455 g/mol. The molecular formula is C22H22BrN3O3. The SMILES string of the molecule is CC(C)COC(=O)Nc1cccc(Cc2nn(-c3cccc(Br)c3)ccc2=O)c1. The van der Waals surface area contributed by atoms with Gasteiger partial charge < -0.3 is 4.74 Å². The molecule has 0 aliphatic rings. The Morgan fingerprint density at radius 1 is 1.17 bits per heavy atom. The van der Waals surface area contributed by atoms with Crippen LogP contribution < -0.4 is 10.7 Å². The maximum absolute atomic E-state index is 12.3. The van der Waals surface area contributed by atoms with Crippen molar-refractivity contribution in [1.82, 2.24) is 9.78 Å². The summed E-state index contributed by atoms with van der Waals surface area (Å²) in [5.41, 5.74) is 2.62. The Morgan fingerprint density at radius 2 is 1.97 bits per heavy atom. The molecule has 0 fully saturated rings. The Hall–Kier alpha value is -2.93. The number of carbonyl (C=O) groups is 1. The van der Waals surface area contributed by atoms with Gasteiger partial charge in [-0.25, -0.2) is 9.48 Å². The number of rotatable bonds is 6. The molecule has 2 aromatic carbocycles. The van der Waals surface area contributed by atoms with Crippen molar-refractivity contribution in [3.63, 3.8) is 0 Å². The average molecular weight is 456 g/mol. The summed E-state index contributed by atoms with van der Waals surface area (Å²) in [4.78, 5) is 24.2. The third-order valence-corrected chi connectivity index (χ3v) is 4.54. The Balaban J connectivity index is 1.77. The molecule has 1 aromatic heterocycles. The molecule has 0 saturated heterocycles. The molecular weight excluding hydrogens is 434 g/mol. The molecule has 1 heterocycles. The number of amides is 1. The van der Waals surface area contributed by atoms with E-state index in [9.17, 15) is 9.59 Å². The lowest BCUT2D eigenvalue weighted by molar-refractivity contribution is 0.147. The summed E-state index contributed by atoms with van der Waals surface area (Å²) < 4.78 is 7.74. The number of halogens is 1. The van der Waals surface area contributed by atoms with Gasteiger partial charge in [-0.05, 0) is 41.8 Å². The third kappa shape index (κ3) is 6.02. The first-order chi connectivity index (χ1) is 13.9. The molecule has 29 heavy (non-hydrogen) atoms. The highest BCUT2D eigenvalue weighted by Crippen LogP contribution is 2.16. The number of nitrogens with one attached hydrogen (secondary N) is 1. The Bertz CT molecular complexity index is 1060. The molecule has 0 saturated carbocycles. The number of ether oxygens (including phenoxy) is 1. The second kappa shape index (κ2) is 9.52. The lowest BCUT2D eigenvalue weighted by Crippen LogP contribution is -2.17. The molecule has 3 rings (SSSR count). The summed E-state index contributed by atoms with van der Waals surface area (Å²) in [7, 11) is 0. The van der Waals surface area contributed by atoms with Gasteiger partial charge in [0.25, 0.3) is 0 Å². The third-order valence-electron chi connectivity index (χ3n) is 4.05. The summed E-state index contributed by atoms with van der Waals surface area (Å²) in [5, 5.41) is 7.20. The molecule has 0 bridgehead atoms. The van der Waals surface area contributed by atoms with Crippen LogP contribution >= 0.6 is 15.9 Å². The van der Waals surface area contributed by atoms with Gasteiger partial charge in [0.1, 0.15) is 5.69 Å². The predicted octanol–water partition coefficient (Wildman–Crippen LogP) is 4.79. The van der Waals surface area contributed by atoms with Crippen LogP contribution in [0.4, 0.5) is 10.5 Å². The van der Waals surface area contributed by atoms with E-state index in [0.717, 1.165) is 15.7 Å². The fourth-order valence-corrected chi connectivity index (χ4v) is 3.07. The smallest absolute Gasteiger partial charge is 0.411 e. The predicted molar refractivity (Wildman–Crippen MR) is 117 cm³/mol. The van der Waals surface area contributed by atoms with Crippen LogP contribution in [0.3, 0.4) is 0 Å². The summed E-state index contributed by atoms with van der Waals surface area (Å²) in [6, 6.07) is 16.5. The second-order valence-corrected chi connectivity index (χ2v) is 7.96. The molecule has 7 heteroatoms. The van der Waals surface area contributed by atoms with Crippen LogP contribution in [0.5, 0.6) is 0 Å². The van der Waals surface area contributed by atoms with Gasteiger partial charge in [-0.3, -0.25) is 10.1 Å². The average Bonchev–Trinajstić information content (AvgIpc) is 2.68. The van der Waals surface area contributed by atoms with Gasteiger partial charge in [-0.2, -0.15) is 5.10 Å². The van der Waals surface area contributed by atoms with E-state index >= 15 is 0 Å². The van der Waals surface area contributed by atoms with Crippen molar-refractivity contribution in [2.24, 2.45) is 5.92 Å². The zero-order valence-electron chi connectivity index (χ0n) is 16.3. The first-order valence-corrected chi connectivity index (χ1v) is 10.1. The molecule has 0 spiro atoms. The number of anilines is 1. The van der Waals surface area contributed by atoms with Gasteiger partial charge in [0.05, 0.1) is 12.3 Å². The van der Waals surface area contributed by atoms with Gasteiger partial charge in [-0.1, -0.05) is 48.0 Å². The highest BCUT2D eigenvalue weighted by Gasteiger charge is 2.09. The molecule has 150 valence electrons. The lowest BCUT2D eigenvalue weighted by Gasteiger charge is -2.10. The van der Waals surface area contributed by atoms with Crippen molar-refractivity contribution < 1.29 is 9.53 Å². The lowest BCUT2D eigenvalue weighted by atomic mass is 10.1. The minimum Gasteiger partial charge on any atom is -0.449 e. The van der Waals surface area contributed by atoms with E-state index in [2.05, 4.69) is 26.3 Å². The summed E-state index contributed by atoms with van der Waals surface area (Å²) in [6.45, 7) is 4.30. The second-order valence-electron chi connectivity index (χ2n) is 7.05. The maximum Gasteiger partial charge on any atom is 0.411 e.